The summed E-state index contributed by atoms with van der Waals surface area (Å²) in [6.45, 7) is 5.88. The second kappa shape index (κ2) is 6.02. The minimum Gasteiger partial charge on any atom is -0.339 e. The van der Waals surface area contributed by atoms with Crippen molar-refractivity contribution in [3.05, 3.63) is 57.3 Å². The van der Waals surface area contributed by atoms with E-state index in [0.717, 1.165) is 31.5 Å². The first-order chi connectivity index (χ1) is 10.1. The minimum absolute atomic E-state index is 0.182. The average molecular weight is 299 g/mol. The van der Waals surface area contributed by atoms with Gasteiger partial charge in [0.15, 0.2) is 0 Å². The number of rotatable bonds is 2. The molecule has 1 saturated heterocycles. The molecule has 1 aliphatic heterocycles. The third-order valence-electron chi connectivity index (χ3n) is 4.55. The molecule has 0 aliphatic carbocycles. The number of likely N-dealkylation sites (tertiary alicyclic amines) is 1. The number of thiophene rings is 1. The van der Waals surface area contributed by atoms with E-state index in [2.05, 4.69) is 30.7 Å². The molecule has 1 aromatic carbocycles. The van der Waals surface area contributed by atoms with Crippen LogP contribution in [0.5, 0.6) is 0 Å². The fourth-order valence-corrected chi connectivity index (χ4v) is 3.72. The van der Waals surface area contributed by atoms with Gasteiger partial charge in [0.2, 0.25) is 0 Å². The van der Waals surface area contributed by atoms with Gasteiger partial charge in [0.25, 0.3) is 5.91 Å². The highest BCUT2D eigenvalue weighted by molar-refractivity contribution is 7.07. The highest BCUT2D eigenvalue weighted by Gasteiger charge is 2.24. The minimum atomic E-state index is 0.182. The molecule has 21 heavy (non-hydrogen) atoms. The first-order valence-corrected chi connectivity index (χ1v) is 8.48. The van der Waals surface area contributed by atoms with Crippen molar-refractivity contribution in [1.29, 1.82) is 0 Å². The maximum absolute atomic E-state index is 12.6. The molecule has 0 spiro atoms. The Balaban J connectivity index is 1.66. The predicted molar refractivity (Wildman–Crippen MR) is 88.1 cm³/mol. The van der Waals surface area contributed by atoms with E-state index in [-0.39, 0.29) is 5.91 Å². The Morgan fingerprint density at radius 3 is 2.52 bits per heavy atom. The van der Waals surface area contributed by atoms with E-state index in [9.17, 15) is 4.79 Å². The Bertz CT molecular complexity index is 625. The molecular formula is C18H21NOS. The smallest absolute Gasteiger partial charge is 0.253 e. The number of hydrogen-bond acceptors (Lipinski definition) is 2. The lowest BCUT2D eigenvalue weighted by Gasteiger charge is -2.32. The number of benzene rings is 1. The quantitative estimate of drug-likeness (QED) is 0.805. The first-order valence-electron chi connectivity index (χ1n) is 7.54. The summed E-state index contributed by atoms with van der Waals surface area (Å²) in [5.41, 5.74) is 4.70. The Morgan fingerprint density at radius 1 is 1.14 bits per heavy atom. The molecule has 0 saturated carbocycles. The van der Waals surface area contributed by atoms with Crippen LogP contribution in [0, 0.1) is 13.8 Å². The number of amides is 1. The zero-order valence-electron chi connectivity index (χ0n) is 12.6. The summed E-state index contributed by atoms with van der Waals surface area (Å²) in [6.07, 6.45) is 2.15. The monoisotopic (exact) mass is 299 g/mol. The number of piperidine rings is 1. The van der Waals surface area contributed by atoms with Gasteiger partial charge in [-0.1, -0.05) is 6.07 Å². The van der Waals surface area contributed by atoms with Gasteiger partial charge in [0.05, 0.1) is 0 Å². The van der Waals surface area contributed by atoms with Gasteiger partial charge < -0.3 is 4.90 Å². The topological polar surface area (TPSA) is 20.3 Å². The molecule has 1 fully saturated rings. The molecule has 1 aromatic heterocycles. The Kier molecular flexibility index (Phi) is 4.11. The second-order valence-corrected chi connectivity index (χ2v) is 6.70. The van der Waals surface area contributed by atoms with Gasteiger partial charge in [0, 0.05) is 18.7 Å². The van der Waals surface area contributed by atoms with Gasteiger partial charge in [0.1, 0.15) is 0 Å². The third kappa shape index (κ3) is 3.03. The van der Waals surface area contributed by atoms with Crippen LogP contribution >= 0.6 is 11.3 Å². The van der Waals surface area contributed by atoms with E-state index in [1.165, 1.54) is 16.7 Å². The van der Waals surface area contributed by atoms with Crippen LogP contribution in [0.4, 0.5) is 0 Å². The van der Waals surface area contributed by atoms with Gasteiger partial charge in [-0.15, -0.1) is 0 Å². The Hall–Kier alpha value is -1.61. The molecule has 2 aromatic rings. The van der Waals surface area contributed by atoms with Crippen LogP contribution in [-0.4, -0.2) is 23.9 Å². The van der Waals surface area contributed by atoms with E-state index in [1.54, 1.807) is 11.3 Å². The van der Waals surface area contributed by atoms with E-state index in [4.69, 9.17) is 0 Å². The van der Waals surface area contributed by atoms with Crippen LogP contribution in [0.3, 0.4) is 0 Å². The first kappa shape index (κ1) is 14.3. The molecule has 0 radical (unpaired) electrons. The fraction of sp³-hybridized carbons (Fsp3) is 0.389. The maximum Gasteiger partial charge on any atom is 0.253 e. The number of carbonyl (C=O) groups excluding carboxylic acids is 1. The SMILES string of the molecule is Cc1ccc(C(=O)N2CCC(c3ccsc3)CC2)cc1C. The molecule has 1 amide bonds. The van der Waals surface area contributed by atoms with Crippen LogP contribution < -0.4 is 0 Å². The van der Waals surface area contributed by atoms with Crippen molar-refractivity contribution < 1.29 is 4.79 Å². The van der Waals surface area contributed by atoms with Crippen LogP contribution in [0.25, 0.3) is 0 Å². The van der Waals surface area contributed by atoms with E-state index in [1.807, 2.05) is 23.1 Å². The maximum atomic E-state index is 12.6. The van der Waals surface area contributed by atoms with E-state index < -0.39 is 0 Å². The van der Waals surface area contributed by atoms with E-state index >= 15 is 0 Å². The van der Waals surface area contributed by atoms with Crippen molar-refractivity contribution >= 4 is 17.2 Å². The summed E-state index contributed by atoms with van der Waals surface area (Å²) >= 11 is 1.76. The summed E-state index contributed by atoms with van der Waals surface area (Å²) < 4.78 is 0. The molecular weight excluding hydrogens is 278 g/mol. The molecule has 0 atom stereocenters. The largest absolute Gasteiger partial charge is 0.339 e. The zero-order chi connectivity index (χ0) is 14.8. The van der Waals surface area contributed by atoms with Crippen LogP contribution in [0.2, 0.25) is 0 Å². The lowest BCUT2D eigenvalue weighted by molar-refractivity contribution is 0.0713. The number of carbonyl (C=O) groups is 1. The highest BCUT2D eigenvalue weighted by Crippen LogP contribution is 2.30. The summed E-state index contributed by atoms with van der Waals surface area (Å²) in [6, 6.07) is 8.23. The van der Waals surface area contributed by atoms with Crippen molar-refractivity contribution in [2.24, 2.45) is 0 Å². The molecule has 0 N–H and O–H groups in total. The lowest BCUT2D eigenvalue weighted by atomic mass is 9.91. The summed E-state index contributed by atoms with van der Waals surface area (Å²) in [7, 11) is 0. The Labute approximate surface area is 130 Å². The molecule has 1 aliphatic rings. The van der Waals surface area contributed by atoms with Gasteiger partial charge in [-0.2, -0.15) is 11.3 Å². The number of aryl methyl sites for hydroxylation is 2. The van der Waals surface area contributed by atoms with E-state index in [0.29, 0.717) is 5.92 Å². The predicted octanol–water partition coefficient (Wildman–Crippen LogP) is 4.38. The van der Waals surface area contributed by atoms with Crippen LogP contribution in [-0.2, 0) is 0 Å². The zero-order valence-corrected chi connectivity index (χ0v) is 13.5. The molecule has 2 heterocycles. The summed E-state index contributed by atoms with van der Waals surface area (Å²) in [5, 5.41) is 4.38. The van der Waals surface area contributed by atoms with Crippen molar-refractivity contribution in [3.8, 4) is 0 Å². The van der Waals surface area contributed by atoms with Crippen LogP contribution in [0.15, 0.2) is 35.0 Å². The van der Waals surface area contributed by atoms with Gasteiger partial charge >= 0.3 is 0 Å². The van der Waals surface area contributed by atoms with Gasteiger partial charge in [-0.25, -0.2) is 0 Å². The lowest BCUT2D eigenvalue weighted by Crippen LogP contribution is -2.37. The molecule has 3 rings (SSSR count). The molecule has 0 bridgehead atoms. The highest BCUT2D eigenvalue weighted by atomic mass is 32.1. The van der Waals surface area contributed by atoms with Gasteiger partial charge in [-0.05, 0) is 78.3 Å². The number of hydrogen-bond donors (Lipinski definition) is 0. The average Bonchev–Trinajstić information content (AvgIpc) is 3.04. The molecule has 3 heteroatoms. The summed E-state index contributed by atoms with van der Waals surface area (Å²) in [4.78, 5) is 14.6. The van der Waals surface area contributed by atoms with Crippen molar-refractivity contribution in [1.82, 2.24) is 4.90 Å². The molecule has 110 valence electrons. The second-order valence-electron chi connectivity index (χ2n) is 5.92. The fourth-order valence-electron chi connectivity index (χ4n) is 2.98. The molecule has 0 unspecified atom stereocenters. The normalized spacial score (nSPS) is 16.2. The van der Waals surface area contributed by atoms with Crippen molar-refractivity contribution in [2.75, 3.05) is 13.1 Å². The Morgan fingerprint density at radius 2 is 1.90 bits per heavy atom. The third-order valence-corrected chi connectivity index (χ3v) is 5.25. The molecule has 2 nitrogen and oxygen atoms in total. The van der Waals surface area contributed by atoms with Crippen LogP contribution in [0.1, 0.15) is 45.8 Å². The van der Waals surface area contributed by atoms with Gasteiger partial charge in [-0.3, -0.25) is 4.79 Å². The standard InChI is InChI=1S/C18H21NOS/c1-13-3-4-16(11-14(13)2)18(20)19-8-5-15(6-9-19)17-7-10-21-12-17/h3-4,7,10-12,15H,5-6,8-9H2,1-2H3. The van der Waals surface area contributed by atoms with Crippen molar-refractivity contribution in [3.63, 3.8) is 0 Å². The van der Waals surface area contributed by atoms with Crippen molar-refractivity contribution in [2.45, 2.75) is 32.6 Å². The number of nitrogens with zero attached hydrogens (tertiary/aromatic N) is 1. The summed E-state index contributed by atoms with van der Waals surface area (Å²) in [5.74, 6) is 0.807.